The molecule has 5 nitrogen and oxygen atoms in total. The molecule has 1 fully saturated rings. The van der Waals surface area contributed by atoms with E-state index in [0.717, 1.165) is 24.4 Å². The normalized spacial score (nSPS) is 16.8. The van der Waals surface area contributed by atoms with E-state index in [1.54, 1.807) is 22.9 Å². The van der Waals surface area contributed by atoms with Crippen LogP contribution in [0.15, 0.2) is 41.5 Å². The van der Waals surface area contributed by atoms with Gasteiger partial charge in [-0.15, -0.1) is 0 Å². The molecule has 3 rings (SSSR count). The summed E-state index contributed by atoms with van der Waals surface area (Å²) in [5.74, 6) is -1.31. The maximum absolute atomic E-state index is 14.6. The molecule has 1 aliphatic heterocycles. The molecule has 0 amide bonds. The Bertz CT molecular complexity index is 1010. The molecule has 0 aliphatic carbocycles. The van der Waals surface area contributed by atoms with Crippen LogP contribution in [0.2, 0.25) is 0 Å². The second-order valence-corrected chi connectivity index (χ2v) is 7.96. The average molecular weight is 471 g/mol. The minimum atomic E-state index is -4.44. The Morgan fingerprint density at radius 3 is 2.69 bits per heavy atom. The van der Waals surface area contributed by atoms with Gasteiger partial charge in [-0.05, 0) is 43.4 Å². The number of nitrogens with one attached hydrogen (secondary N) is 1. The quantitative estimate of drug-likeness (QED) is 0.290. The maximum atomic E-state index is 14.6. The van der Waals surface area contributed by atoms with E-state index in [1.165, 1.54) is 12.1 Å². The van der Waals surface area contributed by atoms with E-state index >= 15 is 0 Å². The fourth-order valence-corrected chi connectivity index (χ4v) is 3.76. The SMILES string of the molecule is CN(Cc1ccccc1C(F)(F)F)[C@@H]1CCN(c2cc(F)c(/C=N/NC(N)=S)cc2F)C1. The van der Waals surface area contributed by atoms with Crippen molar-refractivity contribution in [2.45, 2.75) is 25.2 Å². The number of hydrogen-bond acceptors (Lipinski definition) is 4. The molecule has 2 aromatic carbocycles. The van der Waals surface area contributed by atoms with Crippen molar-refractivity contribution < 1.29 is 22.0 Å². The molecule has 1 atom stereocenters. The lowest BCUT2D eigenvalue weighted by atomic mass is 10.1. The van der Waals surface area contributed by atoms with Gasteiger partial charge in [0.1, 0.15) is 11.6 Å². The van der Waals surface area contributed by atoms with Crippen molar-refractivity contribution in [2.75, 3.05) is 25.0 Å². The predicted octanol–water partition coefficient (Wildman–Crippen LogP) is 3.86. The molecule has 3 N–H and O–H groups in total. The summed E-state index contributed by atoms with van der Waals surface area (Å²) < 4.78 is 68.8. The summed E-state index contributed by atoms with van der Waals surface area (Å²) >= 11 is 4.58. The highest BCUT2D eigenvalue weighted by molar-refractivity contribution is 7.80. The van der Waals surface area contributed by atoms with E-state index in [4.69, 9.17) is 5.73 Å². The molecule has 1 saturated heterocycles. The number of halogens is 5. The summed E-state index contributed by atoms with van der Waals surface area (Å²) in [6.07, 6.45) is -2.76. The smallest absolute Gasteiger partial charge is 0.375 e. The molecule has 1 aliphatic rings. The number of likely N-dealkylation sites (N-methyl/N-ethyl adjacent to an activating group) is 1. The van der Waals surface area contributed by atoms with E-state index in [2.05, 4.69) is 22.7 Å². The molecule has 0 spiro atoms. The Morgan fingerprint density at radius 2 is 2.00 bits per heavy atom. The third-order valence-corrected chi connectivity index (χ3v) is 5.41. The summed E-state index contributed by atoms with van der Waals surface area (Å²) in [5, 5.41) is 3.51. The third-order valence-electron chi connectivity index (χ3n) is 5.31. The first-order valence-electron chi connectivity index (χ1n) is 9.74. The van der Waals surface area contributed by atoms with Crippen molar-refractivity contribution in [3.63, 3.8) is 0 Å². The van der Waals surface area contributed by atoms with Gasteiger partial charge in [-0.1, -0.05) is 18.2 Å². The summed E-state index contributed by atoms with van der Waals surface area (Å²) in [5.41, 5.74) is 7.00. The zero-order chi connectivity index (χ0) is 23.5. The van der Waals surface area contributed by atoms with Crippen molar-refractivity contribution in [3.8, 4) is 0 Å². The number of hydrogen-bond donors (Lipinski definition) is 2. The van der Waals surface area contributed by atoms with Crippen molar-refractivity contribution in [2.24, 2.45) is 10.8 Å². The molecular weight excluding hydrogens is 449 g/mol. The van der Waals surface area contributed by atoms with Crippen molar-refractivity contribution >= 4 is 29.2 Å². The minimum absolute atomic E-state index is 0.0772. The molecule has 0 radical (unpaired) electrons. The number of rotatable bonds is 6. The standard InChI is InChI=1S/C21H22F5N5S/c1-30(11-13-4-2-3-5-16(13)21(24,25)26)15-6-7-31(12-15)19-9-17(22)14(8-18(19)23)10-28-29-20(27)32/h2-5,8-10,15H,6-7,11-12H2,1H3,(H3,27,29,32)/b28-10+/t15-/m1/s1. The van der Waals surface area contributed by atoms with Crippen LogP contribution in [-0.4, -0.2) is 42.4 Å². The molecule has 1 heterocycles. The second-order valence-electron chi connectivity index (χ2n) is 7.52. The summed E-state index contributed by atoms with van der Waals surface area (Å²) in [6.45, 7) is 0.899. The van der Waals surface area contributed by atoms with E-state index in [9.17, 15) is 22.0 Å². The van der Waals surface area contributed by atoms with Crippen LogP contribution in [0.3, 0.4) is 0 Å². The lowest BCUT2D eigenvalue weighted by molar-refractivity contribution is -0.138. The van der Waals surface area contributed by atoms with Gasteiger partial charge in [0.25, 0.3) is 0 Å². The molecule has 172 valence electrons. The molecule has 0 saturated carbocycles. The van der Waals surface area contributed by atoms with Gasteiger partial charge < -0.3 is 10.6 Å². The molecule has 0 bridgehead atoms. The molecule has 0 unspecified atom stereocenters. The zero-order valence-electron chi connectivity index (χ0n) is 17.2. The molecule has 0 aromatic heterocycles. The number of alkyl halides is 3. The number of thiocarbonyl (C=S) groups is 1. The van der Waals surface area contributed by atoms with Gasteiger partial charge in [-0.3, -0.25) is 10.3 Å². The van der Waals surface area contributed by atoms with Gasteiger partial charge >= 0.3 is 6.18 Å². The number of benzene rings is 2. The highest BCUT2D eigenvalue weighted by Crippen LogP contribution is 2.33. The second kappa shape index (κ2) is 9.78. The van der Waals surface area contributed by atoms with Crippen molar-refractivity contribution in [1.29, 1.82) is 0 Å². The fraction of sp³-hybridized carbons (Fsp3) is 0.333. The average Bonchev–Trinajstić information content (AvgIpc) is 3.20. The van der Waals surface area contributed by atoms with Gasteiger partial charge in [0.15, 0.2) is 5.11 Å². The fourth-order valence-electron chi connectivity index (χ4n) is 3.71. The van der Waals surface area contributed by atoms with Crippen LogP contribution in [0.4, 0.5) is 27.6 Å². The van der Waals surface area contributed by atoms with E-state index in [0.29, 0.717) is 19.5 Å². The topological polar surface area (TPSA) is 56.9 Å². The Morgan fingerprint density at radius 1 is 1.28 bits per heavy atom. The maximum Gasteiger partial charge on any atom is 0.416 e. The number of nitrogens with two attached hydrogens (primary N) is 1. The molecular formula is C21H22F5N5S. The summed E-state index contributed by atoms with van der Waals surface area (Å²) in [4.78, 5) is 3.49. The lowest BCUT2D eigenvalue weighted by Crippen LogP contribution is -2.35. The number of nitrogens with zero attached hydrogens (tertiary/aromatic N) is 3. The lowest BCUT2D eigenvalue weighted by Gasteiger charge is -2.26. The molecule has 32 heavy (non-hydrogen) atoms. The van der Waals surface area contributed by atoms with Crippen LogP contribution < -0.4 is 16.1 Å². The largest absolute Gasteiger partial charge is 0.416 e. The predicted molar refractivity (Wildman–Crippen MR) is 117 cm³/mol. The minimum Gasteiger partial charge on any atom is -0.375 e. The summed E-state index contributed by atoms with van der Waals surface area (Å²) in [6, 6.07) is 7.42. The van der Waals surface area contributed by atoms with Crippen LogP contribution >= 0.6 is 12.2 Å². The third kappa shape index (κ3) is 5.71. The molecule has 11 heteroatoms. The highest BCUT2D eigenvalue weighted by atomic mass is 32.1. The van der Waals surface area contributed by atoms with Crippen molar-refractivity contribution in [3.05, 3.63) is 64.7 Å². The van der Waals surface area contributed by atoms with Gasteiger partial charge in [0.2, 0.25) is 0 Å². The van der Waals surface area contributed by atoms with Crippen LogP contribution in [0.5, 0.6) is 0 Å². The Balaban J connectivity index is 1.70. The first kappa shape index (κ1) is 23.9. The first-order chi connectivity index (χ1) is 15.1. The Kier molecular flexibility index (Phi) is 7.29. The van der Waals surface area contributed by atoms with Crippen LogP contribution in [-0.2, 0) is 12.7 Å². The Hall–Kier alpha value is -2.79. The zero-order valence-corrected chi connectivity index (χ0v) is 18.0. The van der Waals surface area contributed by atoms with Gasteiger partial charge in [0.05, 0.1) is 17.5 Å². The van der Waals surface area contributed by atoms with Gasteiger partial charge in [-0.25, -0.2) is 8.78 Å². The van der Waals surface area contributed by atoms with Crippen LogP contribution in [0, 0.1) is 11.6 Å². The summed E-state index contributed by atoms with van der Waals surface area (Å²) in [7, 11) is 1.73. The molecule has 2 aromatic rings. The van der Waals surface area contributed by atoms with Gasteiger partial charge in [0, 0.05) is 37.3 Å². The Labute approximate surface area is 187 Å². The van der Waals surface area contributed by atoms with E-state index < -0.39 is 23.4 Å². The van der Waals surface area contributed by atoms with E-state index in [1.807, 2.05) is 0 Å². The highest BCUT2D eigenvalue weighted by Gasteiger charge is 2.34. The number of anilines is 1. The monoisotopic (exact) mass is 471 g/mol. The van der Waals surface area contributed by atoms with Crippen LogP contribution in [0.1, 0.15) is 23.1 Å². The van der Waals surface area contributed by atoms with Crippen LogP contribution in [0.25, 0.3) is 0 Å². The van der Waals surface area contributed by atoms with E-state index in [-0.39, 0.29) is 34.5 Å². The first-order valence-corrected chi connectivity index (χ1v) is 10.1. The van der Waals surface area contributed by atoms with Gasteiger partial charge in [-0.2, -0.15) is 18.3 Å². The number of hydrazone groups is 1. The van der Waals surface area contributed by atoms with Crippen molar-refractivity contribution in [1.82, 2.24) is 10.3 Å².